The van der Waals surface area contributed by atoms with Gasteiger partial charge in [0.2, 0.25) is 0 Å². The Bertz CT molecular complexity index is 713. The van der Waals surface area contributed by atoms with Gasteiger partial charge in [0.05, 0.1) is 16.6 Å². The molecule has 0 amide bonds. The van der Waals surface area contributed by atoms with Crippen LogP contribution >= 0.6 is 23.2 Å². The minimum absolute atomic E-state index is 0.542. The molecule has 0 bridgehead atoms. The molecular formula is C29H50Cl2N2. The van der Waals surface area contributed by atoms with Gasteiger partial charge in [-0.15, -0.1) is 6.58 Å². The zero-order valence-electron chi connectivity index (χ0n) is 23.1. The number of allylic oxidation sites excluding steroid dienone is 1. The lowest BCUT2D eigenvalue weighted by atomic mass is 9.90. The Morgan fingerprint density at radius 1 is 1.03 bits per heavy atom. The van der Waals surface area contributed by atoms with Crippen molar-refractivity contribution in [1.29, 1.82) is 0 Å². The molecule has 0 spiro atoms. The zero-order chi connectivity index (χ0) is 26.0. The molecular weight excluding hydrogens is 447 g/mol. The first-order valence-corrected chi connectivity index (χ1v) is 13.4. The van der Waals surface area contributed by atoms with Crippen LogP contribution in [-0.2, 0) is 0 Å². The molecule has 0 aliphatic carbocycles. The van der Waals surface area contributed by atoms with Gasteiger partial charge < -0.3 is 0 Å². The predicted octanol–water partition coefficient (Wildman–Crippen LogP) is 10.7. The zero-order valence-corrected chi connectivity index (χ0v) is 24.6. The lowest BCUT2D eigenvalue weighted by molar-refractivity contribution is 0.398. The molecule has 1 aliphatic rings. The third-order valence-electron chi connectivity index (χ3n) is 5.08. The van der Waals surface area contributed by atoms with E-state index in [1.54, 1.807) is 12.1 Å². The number of hydrogen-bond acceptors (Lipinski definition) is 2. The van der Waals surface area contributed by atoms with E-state index in [-0.39, 0.29) is 0 Å². The van der Waals surface area contributed by atoms with Gasteiger partial charge in [0.25, 0.3) is 0 Å². The van der Waals surface area contributed by atoms with Crippen molar-refractivity contribution in [3.8, 4) is 0 Å². The van der Waals surface area contributed by atoms with E-state index in [1.807, 2.05) is 32.9 Å². The van der Waals surface area contributed by atoms with E-state index in [1.165, 1.54) is 37.8 Å². The third-order valence-corrected chi connectivity index (χ3v) is 5.82. The van der Waals surface area contributed by atoms with Gasteiger partial charge in [-0.3, -0.25) is 4.99 Å². The molecule has 190 valence electrons. The van der Waals surface area contributed by atoms with Crippen LogP contribution in [0.2, 0.25) is 10.0 Å². The van der Waals surface area contributed by atoms with Crippen LogP contribution in [0.5, 0.6) is 0 Å². The molecule has 1 heterocycles. The summed E-state index contributed by atoms with van der Waals surface area (Å²) in [6.07, 6.45) is 7.84. The van der Waals surface area contributed by atoms with Crippen molar-refractivity contribution in [2.75, 3.05) is 6.54 Å². The lowest BCUT2D eigenvalue weighted by Gasteiger charge is -2.16. The molecule has 0 fully saturated rings. The maximum absolute atomic E-state index is 6.09. The van der Waals surface area contributed by atoms with Gasteiger partial charge in [-0.2, -0.15) is 0 Å². The highest BCUT2D eigenvalue weighted by molar-refractivity contribution is 6.42. The van der Waals surface area contributed by atoms with Gasteiger partial charge in [0.1, 0.15) is 0 Å². The third kappa shape index (κ3) is 16.2. The fraction of sp³-hybridized carbons (Fsp3) is 0.655. The number of amidine groups is 1. The van der Waals surface area contributed by atoms with E-state index >= 15 is 0 Å². The van der Waals surface area contributed by atoms with Crippen LogP contribution in [0.3, 0.4) is 0 Å². The van der Waals surface area contributed by atoms with Crippen molar-refractivity contribution in [1.82, 2.24) is 0 Å². The molecule has 1 atom stereocenters. The van der Waals surface area contributed by atoms with E-state index in [0.29, 0.717) is 21.4 Å². The Morgan fingerprint density at radius 2 is 1.58 bits per heavy atom. The van der Waals surface area contributed by atoms with E-state index in [9.17, 15) is 0 Å². The van der Waals surface area contributed by atoms with Gasteiger partial charge in [-0.25, -0.2) is 4.99 Å². The standard InChI is InChI=1S/C18H24Cl2N2.C6H14.C3H6.C2H6/c1-4-5-13(7-6-12(2)3)17-11-21-18(22-17)14-8-9-15(19)16(20)10-14;1-5-6(2,3)4;1-3-2;1-2/h8-10,12-13H,4-7,11H2,1-3H3;5H2,1-4H3;3H,1H2,2H3;1-2H3. The first kappa shape index (κ1) is 34.0. The van der Waals surface area contributed by atoms with E-state index in [0.717, 1.165) is 23.9 Å². The smallest absolute Gasteiger partial charge is 0.154 e. The summed E-state index contributed by atoms with van der Waals surface area (Å²) < 4.78 is 0. The van der Waals surface area contributed by atoms with Crippen LogP contribution in [0, 0.1) is 17.3 Å². The highest BCUT2D eigenvalue weighted by Crippen LogP contribution is 2.26. The largest absolute Gasteiger partial charge is 0.260 e. The van der Waals surface area contributed by atoms with Crippen LogP contribution in [0.4, 0.5) is 0 Å². The molecule has 33 heavy (non-hydrogen) atoms. The maximum Gasteiger partial charge on any atom is 0.154 e. The van der Waals surface area contributed by atoms with Crippen LogP contribution in [0.1, 0.15) is 107 Å². The monoisotopic (exact) mass is 496 g/mol. The summed E-state index contributed by atoms with van der Waals surface area (Å²) in [6, 6.07) is 5.58. The second kappa shape index (κ2) is 19.2. The van der Waals surface area contributed by atoms with Crippen LogP contribution < -0.4 is 0 Å². The van der Waals surface area contributed by atoms with Crippen molar-refractivity contribution in [3.63, 3.8) is 0 Å². The summed E-state index contributed by atoms with van der Waals surface area (Å²) in [4.78, 5) is 9.39. The number of nitrogens with zero attached hydrogens (tertiary/aromatic N) is 2. The van der Waals surface area contributed by atoms with Gasteiger partial charge >= 0.3 is 0 Å². The summed E-state index contributed by atoms with van der Waals surface area (Å²) in [5.74, 6) is 2.08. The Morgan fingerprint density at radius 3 is 2.00 bits per heavy atom. The van der Waals surface area contributed by atoms with Crippen LogP contribution in [-0.4, -0.2) is 18.1 Å². The van der Waals surface area contributed by atoms with Gasteiger partial charge in [-0.1, -0.05) is 111 Å². The maximum atomic E-state index is 6.09. The summed E-state index contributed by atoms with van der Waals surface area (Å²) in [5, 5.41) is 1.12. The minimum atomic E-state index is 0.542. The average Bonchev–Trinajstić information content (AvgIpc) is 3.25. The second-order valence-corrected chi connectivity index (χ2v) is 10.5. The molecule has 0 saturated heterocycles. The normalized spacial score (nSPS) is 13.4. The first-order chi connectivity index (χ1) is 15.5. The number of halogens is 2. The summed E-state index contributed by atoms with van der Waals surface area (Å²) in [5.41, 5.74) is 2.71. The molecule has 0 saturated carbocycles. The number of rotatable bonds is 7. The topological polar surface area (TPSA) is 24.7 Å². The minimum Gasteiger partial charge on any atom is -0.260 e. The molecule has 1 aromatic rings. The molecule has 1 aliphatic heterocycles. The average molecular weight is 498 g/mol. The second-order valence-electron chi connectivity index (χ2n) is 9.65. The molecule has 2 nitrogen and oxygen atoms in total. The fourth-order valence-corrected chi connectivity index (χ4v) is 3.03. The summed E-state index contributed by atoms with van der Waals surface area (Å²) >= 11 is 12.1. The molecule has 0 N–H and O–H groups in total. The van der Waals surface area contributed by atoms with E-state index in [2.05, 4.69) is 60.0 Å². The van der Waals surface area contributed by atoms with Gasteiger partial charge in [0, 0.05) is 11.3 Å². The highest BCUT2D eigenvalue weighted by atomic mass is 35.5. The van der Waals surface area contributed by atoms with Gasteiger partial charge in [0.15, 0.2) is 5.84 Å². The van der Waals surface area contributed by atoms with E-state index < -0.39 is 0 Å². The van der Waals surface area contributed by atoms with Crippen molar-refractivity contribution in [2.24, 2.45) is 27.2 Å². The van der Waals surface area contributed by atoms with Crippen molar-refractivity contribution >= 4 is 34.7 Å². The number of benzene rings is 1. The molecule has 0 aromatic heterocycles. The molecule has 1 unspecified atom stereocenters. The van der Waals surface area contributed by atoms with E-state index in [4.69, 9.17) is 28.2 Å². The van der Waals surface area contributed by atoms with Crippen LogP contribution in [0.15, 0.2) is 40.8 Å². The molecule has 0 radical (unpaired) electrons. The molecule has 1 aromatic carbocycles. The Balaban J connectivity index is 0. The van der Waals surface area contributed by atoms with Gasteiger partial charge in [-0.05, 0) is 55.2 Å². The Hall–Kier alpha value is -1.12. The fourth-order valence-electron chi connectivity index (χ4n) is 2.73. The summed E-state index contributed by atoms with van der Waals surface area (Å²) in [7, 11) is 0. The molecule has 2 rings (SSSR count). The quantitative estimate of drug-likeness (QED) is 0.335. The Labute approximate surface area is 216 Å². The summed E-state index contributed by atoms with van der Waals surface area (Å²) in [6.45, 7) is 25.7. The predicted molar refractivity (Wildman–Crippen MR) is 155 cm³/mol. The Kier molecular flexibility index (Phi) is 19.8. The highest BCUT2D eigenvalue weighted by Gasteiger charge is 2.21. The van der Waals surface area contributed by atoms with Crippen LogP contribution in [0.25, 0.3) is 0 Å². The van der Waals surface area contributed by atoms with Crippen molar-refractivity contribution in [2.45, 2.75) is 101 Å². The van der Waals surface area contributed by atoms with Crippen molar-refractivity contribution < 1.29 is 0 Å². The SMILES string of the molecule is C=CC.CC.CCC(C)(C)C.CCCC(CCC(C)C)C1=NC(c2ccc(Cl)c(Cl)c2)=NC1. The first-order valence-electron chi connectivity index (χ1n) is 12.6. The number of hydrogen-bond donors (Lipinski definition) is 0. The molecule has 4 heteroatoms. The lowest BCUT2D eigenvalue weighted by Crippen LogP contribution is -2.16. The van der Waals surface area contributed by atoms with Crippen molar-refractivity contribution in [3.05, 3.63) is 46.5 Å². The number of aliphatic imine (C=N–C) groups is 2.